The SMILES string of the molecule is CC(C)(C)N1CCC2(CC1)CC(CN)C2. The average Bonchev–Trinajstić information content (AvgIpc) is 2.12. The standard InChI is InChI=1S/C13H26N2/c1-12(2,3)15-6-4-13(5-7-15)8-11(9-13)10-14/h11H,4-10,14H2,1-3H3. The lowest BCUT2D eigenvalue weighted by Crippen LogP contribution is -2.53. The molecule has 0 atom stereocenters. The molecule has 1 saturated carbocycles. The zero-order valence-corrected chi connectivity index (χ0v) is 10.6. The number of hydrogen-bond acceptors (Lipinski definition) is 2. The lowest BCUT2D eigenvalue weighted by atomic mass is 9.57. The number of rotatable bonds is 1. The number of nitrogens with zero attached hydrogens (tertiary/aromatic N) is 1. The molecule has 1 aliphatic heterocycles. The highest BCUT2D eigenvalue weighted by molar-refractivity contribution is 4.98. The fourth-order valence-corrected chi connectivity index (χ4v) is 3.39. The minimum atomic E-state index is 0.360. The fourth-order valence-electron chi connectivity index (χ4n) is 3.39. The molecule has 2 rings (SSSR count). The van der Waals surface area contributed by atoms with Gasteiger partial charge in [0.15, 0.2) is 0 Å². The Hall–Kier alpha value is -0.0800. The van der Waals surface area contributed by atoms with Gasteiger partial charge in [0.05, 0.1) is 0 Å². The van der Waals surface area contributed by atoms with Crippen LogP contribution in [0.15, 0.2) is 0 Å². The molecule has 1 aliphatic carbocycles. The zero-order chi connectivity index (χ0) is 11.1. The van der Waals surface area contributed by atoms with E-state index < -0.39 is 0 Å². The highest BCUT2D eigenvalue weighted by atomic mass is 15.2. The second-order valence-corrected chi connectivity index (χ2v) is 6.67. The molecule has 0 aromatic heterocycles. The molecule has 0 aromatic carbocycles. The first kappa shape index (κ1) is 11.4. The van der Waals surface area contributed by atoms with E-state index in [4.69, 9.17) is 5.73 Å². The Morgan fingerprint density at radius 3 is 2.13 bits per heavy atom. The predicted molar refractivity (Wildman–Crippen MR) is 64.8 cm³/mol. The Morgan fingerprint density at radius 1 is 1.20 bits per heavy atom. The van der Waals surface area contributed by atoms with Gasteiger partial charge in [0.25, 0.3) is 0 Å². The summed E-state index contributed by atoms with van der Waals surface area (Å²) in [5.74, 6) is 0.839. The molecule has 2 heteroatoms. The monoisotopic (exact) mass is 210 g/mol. The third-order valence-corrected chi connectivity index (χ3v) is 4.55. The number of likely N-dealkylation sites (tertiary alicyclic amines) is 1. The van der Waals surface area contributed by atoms with Gasteiger partial charge in [0.1, 0.15) is 0 Å². The number of hydrogen-bond donors (Lipinski definition) is 1. The molecule has 1 saturated heterocycles. The van der Waals surface area contributed by atoms with Gasteiger partial charge in [0, 0.05) is 5.54 Å². The van der Waals surface area contributed by atoms with Crippen molar-refractivity contribution in [1.29, 1.82) is 0 Å². The smallest absolute Gasteiger partial charge is 0.0125 e. The molecule has 2 nitrogen and oxygen atoms in total. The van der Waals surface area contributed by atoms with Crippen LogP contribution < -0.4 is 5.73 Å². The molecular formula is C13H26N2. The topological polar surface area (TPSA) is 29.3 Å². The van der Waals surface area contributed by atoms with Crippen molar-refractivity contribution in [2.45, 2.75) is 52.0 Å². The summed E-state index contributed by atoms with van der Waals surface area (Å²) in [6, 6.07) is 0. The van der Waals surface area contributed by atoms with E-state index in [2.05, 4.69) is 25.7 Å². The van der Waals surface area contributed by atoms with E-state index in [0.29, 0.717) is 11.0 Å². The van der Waals surface area contributed by atoms with Crippen LogP contribution in [0.2, 0.25) is 0 Å². The van der Waals surface area contributed by atoms with Crippen LogP contribution in [0, 0.1) is 11.3 Å². The Morgan fingerprint density at radius 2 is 1.73 bits per heavy atom. The van der Waals surface area contributed by atoms with Gasteiger partial charge in [-0.3, -0.25) is 4.90 Å². The summed E-state index contributed by atoms with van der Waals surface area (Å²) in [7, 11) is 0. The van der Waals surface area contributed by atoms with Crippen LogP contribution in [-0.4, -0.2) is 30.1 Å². The van der Waals surface area contributed by atoms with Gasteiger partial charge >= 0.3 is 0 Å². The van der Waals surface area contributed by atoms with E-state index in [9.17, 15) is 0 Å². The van der Waals surface area contributed by atoms with Crippen molar-refractivity contribution in [2.75, 3.05) is 19.6 Å². The average molecular weight is 210 g/mol. The van der Waals surface area contributed by atoms with E-state index in [-0.39, 0.29) is 0 Å². The quantitative estimate of drug-likeness (QED) is 0.719. The van der Waals surface area contributed by atoms with E-state index in [1.54, 1.807) is 0 Å². The summed E-state index contributed by atoms with van der Waals surface area (Å²) in [5.41, 5.74) is 6.77. The van der Waals surface area contributed by atoms with Crippen LogP contribution in [-0.2, 0) is 0 Å². The number of piperidine rings is 1. The van der Waals surface area contributed by atoms with Crippen LogP contribution in [0.25, 0.3) is 0 Å². The molecule has 0 unspecified atom stereocenters. The second kappa shape index (κ2) is 3.74. The lowest BCUT2D eigenvalue weighted by molar-refractivity contribution is -0.0331. The van der Waals surface area contributed by atoms with Crippen molar-refractivity contribution in [3.05, 3.63) is 0 Å². The maximum Gasteiger partial charge on any atom is 0.0125 e. The maximum absolute atomic E-state index is 5.71. The normalized spacial score (nSPS) is 28.0. The summed E-state index contributed by atoms with van der Waals surface area (Å²) in [6.45, 7) is 10.5. The third-order valence-electron chi connectivity index (χ3n) is 4.55. The Balaban J connectivity index is 1.83. The molecule has 0 aromatic rings. The first-order valence-corrected chi connectivity index (χ1v) is 6.40. The van der Waals surface area contributed by atoms with Crippen molar-refractivity contribution in [2.24, 2.45) is 17.1 Å². The van der Waals surface area contributed by atoms with Crippen LogP contribution in [0.1, 0.15) is 46.5 Å². The van der Waals surface area contributed by atoms with Gasteiger partial charge in [-0.1, -0.05) is 0 Å². The van der Waals surface area contributed by atoms with Crippen molar-refractivity contribution >= 4 is 0 Å². The van der Waals surface area contributed by atoms with Crippen molar-refractivity contribution in [1.82, 2.24) is 4.90 Å². The highest BCUT2D eigenvalue weighted by Crippen LogP contribution is 2.52. The Kier molecular flexibility index (Phi) is 2.85. The van der Waals surface area contributed by atoms with Gasteiger partial charge in [-0.2, -0.15) is 0 Å². The largest absolute Gasteiger partial charge is 0.330 e. The van der Waals surface area contributed by atoms with E-state index in [1.807, 2.05) is 0 Å². The molecule has 15 heavy (non-hydrogen) atoms. The predicted octanol–water partition coefficient (Wildman–Crippen LogP) is 2.24. The molecule has 88 valence electrons. The molecule has 2 aliphatic rings. The summed E-state index contributed by atoms with van der Waals surface area (Å²) in [5, 5.41) is 0. The molecule has 2 fully saturated rings. The van der Waals surface area contributed by atoms with Crippen LogP contribution in [0.3, 0.4) is 0 Å². The summed E-state index contributed by atoms with van der Waals surface area (Å²) < 4.78 is 0. The molecule has 2 N–H and O–H groups in total. The third kappa shape index (κ3) is 2.21. The van der Waals surface area contributed by atoms with Gasteiger partial charge in [-0.25, -0.2) is 0 Å². The minimum Gasteiger partial charge on any atom is -0.330 e. The number of nitrogens with two attached hydrogens (primary N) is 1. The first-order valence-electron chi connectivity index (χ1n) is 6.40. The Labute approximate surface area is 94.2 Å². The zero-order valence-electron chi connectivity index (χ0n) is 10.6. The van der Waals surface area contributed by atoms with Crippen LogP contribution >= 0.6 is 0 Å². The highest BCUT2D eigenvalue weighted by Gasteiger charge is 2.45. The lowest BCUT2D eigenvalue weighted by Gasteiger charge is -2.54. The molecule has 0 amide bonds. The second-order valence-electron chi connectivity index (χ2n) is 6.67. The van der Waals surface area contributed by atoms with E-state index in [0.717, 1.165) is 12.5 Å². The molecular weight excluding hydrogens is 184 g/mol. The molecule has 0 radical (unpaired) electrons. The fraction of sp³-hybridized carbons (Fsp3) is 1.00. The first-order chi connectivity index (χ1) is 6.95. The minimum absolute atomic E-state index is 0.360. The summed E-state index contributed by atoms with van der Waals surface area (Å²) in [4.78, 5) is 2.63. The van der Waals surface area contributed by atoms with Gasteiger partial charge < -0.3 is 5.73 Å². The van der Waals surface area contributed by atoms with Crippen molar-refractivity contribution in [3.8, 4) is 0 Å². The summed E-state index contributed by atoms with van der Waals surface area (Å²) >= 11 is 0. The van der Waals surface area contributed by atoms with Crippen molar-refractivity contribution < 1.29 is 0 Å². The van der Waals surface area contributed by atoms with E-state index >= 15 is 0 Å². The maximum atomic E-state index is 5.71. The van der Waals surface area contributed by atoms with Gasteiger partial charge in [-0.15, -0.1) is 0 Å². The van der Waals surface area contributed by atoms with Crippen LogP contribution in [0.5, 0.6) is 0 Å². The van der Waals surface area contributed by atoms with Crippen molar-refractivity contribution in [3.63, 3.8) is 0 Å². The van der Waals surface area contributed by atoms with E-state index in [1.165, 1.54) is 38.8 Å². The summed E-state index contributed by atoms with van der Waals surface area (Å²) in [6.07, 6.45) is 5.62. The van der Waals surface area contributed by atoms with Crippen LogP contribution in [0.4, 0.5) is 0 Å². The Bertz CT molecular complexity index is 213. The van der Waals surface area contributed by atoms with Gasteiger partial charge in [0.2, 0.25) is 0 Å². The molecule has 0 bridgehead atoms. The molecule has 1 heterocycles. The van der Waals surface area contributed by atoms with Gasteiger partial charge in [-0.05, 0) is 77.4 Å². The molecule has 1 spiro atoms.